The number of benzene rings is 1. The topological polar surface area (TPSA) is 105 Å². The van der Waals surface area contributed by atoms with Gasteiger partial charge in [0.25, 0.3) is 0 Å². The van der Waals surface area contributed by atoms with Gasteiger partial charge in [0.15, 0.2) is 0 Å². The van der Waals surface area contributed by atoms with E-state index in [4.69, 9.17) is 34.1 Å². The maximum absolute atomic E-state index is 12.4. The Morgan fingerprint density at radius 2 is 1.90 bits per heavy atom. The van der Waals surface area contributed by atoms with Gasteiger partial charge < -0.3 is 10.9 Å². The molecule has 0 bridgehead atoms. The Bertz CT molecular complexity index is 643. The summed E-state index contributed by atoms with van der Waals surface area (Å²) < 4.78 is 27.3. The van der Waals surface area contributed by atoms with E-state index in [2.05, 4.69) is 9.88 Å². The largest absolute Gasteiger partial charge is 0.409 e. The highest BCUT2D eigenvalue weighted by Gasteiger charge is 2.34. The first-order valence-corrected chi connectivity index (χ1v) is 8.53. The Morgan fingerprint density at radius 1 is 1.29 bits per heavy atom. The third-order valence-electron chi connectivity index (χ3n) is 3.46. The van der Waals surface area contributed by atoms with E-state index < -0.39 is 16.1 Å². The van der Waals surface area contributed by atoms with Gasteiger partial charge in [0.1, 0.15) is 5.84 Å². The van der Waals surface area contributed by atoms with Gasteiger partial charge in [-0.25, -0.2) is 13.1 Å². The molecule has 0 aromatic heterocycles. The fourth-order valence-electron chi connectivity index (χ4n) is 2.48. The predicted molar refractivity (Wildman–Crippen MR) is 81.3 cm³/mol. The second kappa shape index (κ2) is 6.39. The van der Waals surface area contributed by atoms with Crippen LogP contribution in [0.25, 0.3) is 0 Å². The van der Waals surface area contributed by atoms with Crippen molar-refractivity contribution in [3.05, 3.63) is 28.2 Å². The Hall–Kier alpha value is -1.02. The molecular weight excluding hydrogens is 337 g/mol. The molecule has 2 unspecified atom stereocenters. The first kappa shape index (κ1) is 16.4. The molecule has 0 amide bonds. The number of sulfonamides is 1. The summed E-state index contributed by atoms with van der Waals surface area (Å²) in [7, 11) is -3.77. The molecule has 0 aliphatic heterocycles. The molecule has 0 saturated heterocycles. The minimum atomic E-state index is -3.77. The van der Waals surface area contributed by atoms with Crippen molar-refractivity contribution < 1.29 is 13.6 Å². The van der Waals surface area contributed by atoms with Crippen LogP contribution in [-0.4, -0.2) is 25.5 Å². The Morgan fingerprint density at radius 3 is 2.48 bits per heavy atom. The molecule has 2 atom stereocenters. The fraction of sp³-hybridized carbons (Fsp3) is 0.417. The Kier molecular flexibility index (Phi) is 4.98. The quantitative estimate of drug-likeness (QED) is 0.334. The predicted octanol–water partition coefficient (Wildman–Crippen LogP) is 2.19. The number of nitrogens with two attached hydrogens (primary N) is 1. The number of amidine groups is 1. The van der Waals surface area contributed by atoms with Crippen molar-refractivity contribution in [3.63, 3.8) is 0 Å². The summed E-state index contributed by atoms with van der Waals surface area (Å²) in [5.74, 6) is -0.288. The van der Waals surface area contributed by atoms with Crippen LogP contribution in [-0.2, 0) is 10.0 Å². The van der Waals surface area contributed by atoms with E-state index in [0.717, 1.165) is 6.42 Å². The first-order valence-electron chi connectivity index (χ1n) is 6.29. The standard InChI is InChI=1S/C12H15Cl2N3O3S/c13-7-4-8(14)6-9(5-7)21(19,20)17-11-3-1-2-10(11)12(15)16-18/h4-6,10-11,17-18H,1-3H2,(H2,15,16). The molecule has 1 aliphatic rings. The maximum atomic E-state index is 12.4. The molecule has 1 aromatic carbocycles. The van der Waals surface area contributed by atoms with Crippen molar-refractivity contribution in [1.82, 2.24) is 4.72 Å². The van der Waals surface area contributed by atoms with Crippen LogP contribution in [0.2, 0.25) is 10.0 Å². The van der Waals surface area contributed by atoms with E-state index in [-0.39, 0.29) is 26.7 Å². The van der Waals surface area contributed by atoms with E-state index in [1.54, 1.807) is 0 Å². The average molecular weight is 352 g/mol. The van der Waals surface area contributed by atoms with Gasteiger partial charge in [-0.15, -0.1) is 0 Å². The van der Waals surface area contributed by atoms with Crippen molar-refractivity contribution in [1.29, 1.82) is 0 Å². The molecule has 116 valence electrons. The second-order valence-corrected chi connectivity index (χ2v) is 7.48. The zero-order valence-corrected chi connectivity index (χ0v) is 13.3. The molecule has 2 rings (SSSR count). The molecule has 1 fully saturated rings. The smallest absolute Gasteiger partial charge is 0.240 e. The van der Waals surface area contributed by atoms with Crippen LogP contribution in [0.3, 0.4) is 0 Å². The van der Waals surface area contributed by atoms with Gasteiger partial charge >= 0.3 is 0 Å². The molecule has 1 aliphatic carbocycles. The van der Waals surface area contributed by atoms with Gasteiger partial charge in [0.2, 0.25) is 10.0 Å². The van der Waals surface area contributed by atoms with Crippen LogP contribution in [0, 0.1) is 5.92 Å². The molecule has 21 heavy (non-hydrogen) atoms. The minimum Gasteiger partial charge on any atom is -0.409 e. The molecule has 1 aromatic rings. The molecule has 6 nitrogen and oxygen atoms in total. The number of halogens is 2. The Labute approximate surface area is 133 Å². The lowest BCUT2D eigenvalue weighted by Gasteiger charge is -2.20. The van der Waals surface area contributed by atoms with E-state index >= 15 is 0 Å². The van der Waals surface area contributed by atoms with Gasteiger partial charge in [-0.2, -0.15) is 0 Å². The summed E-state index contributed by atoms with van der Waals surface area (Å²) in [5, 5.41) is 12.2. The zero-order valence-electron chi connectivity index (χ0n) is 11.0. The maximum Gasteiger partial charge on any atom is 0.240 e. The highest BCUT2D eigenvalue weighted by atomic mass is 35.5. The molecule has 0 heterocycles. The summed E-state index contributed by atoms with van der Waals surface area (Å²) in [6, 6.07) is 3.69. The van der Waals surface area contributed by atoms with E-state index in [1.165, 1.54) is 18.2 Å². The number of nitrogens with zero attached hydrogens (tertiary/aromatic N) is 1. The van der Waals surface area contributed by atoms with Gasteiger partial charge in [-0.1, -0.05) is 34.8 Å². The summed E-state index contributed by atoms with van der Waals surface area (Å²) >= 11 is 11.7. The van der Waals surface area contributed by atoms with Gasteiger partial charge in [0.05, 0.1) is 4.90 Å². The number of hydrogen-bond acceptors (Lipinski definition) is 4. The lowest BCUT2D eigenvalue weighted by Crippen LogP contribution is -2.42. The van der Waals surface area contributed by atoms with E-state index in [0.29, 0.717) is 12.8 Å². The lowest BCUT2D eigenvalue weighted by atomic mass is 10.0. The van der Waals surface area contributed by atoms with Gasteiger partial charge in [-0.3, -0.25) is 0 Å². The SMILES string of the molecule is NC(=NO)C1CCCC1NS(=O)(=O)c1cc(Cl)cc(Cl)c1. The van der Waals surface area contributed by atoms with E-state index in [1.807, 2.05) is 0 Å². The van der Waals surface area contributed by atoms with Crippen LogP contribution in [0.5, 0.6) is 0 Å². The average Bonchev–Trinajstić information content (AvgIpc) is 2.84. The van der Waals surface area contributed by atoms with Gasteiger partial charge in [-0.05, 0) is 31.0 Å². The second-order valence-electron chi connectivity index (χ2n) is 4.90. The highest BCUT2D eigenvalue weighted by Crippen LogP contribution is 2.28. The summed E-state index contributed by atoms with van der Waals surface area (Å²) in [6.07, 6.45) is 2.08. The van der Waals surface area contributed by atoms with Crippen LogP contribution < -0.4 is 10.5 Å². The Balaban J connectivity index is 2.25. The highest BCUT2D eigenvalue weighted by molar-refractivity contribution is 7.89. The summed E-state index contributed by atoms with van der Waals surface area (Å²) in [4.78, 5) is -0.00911. The van der Waals surface area contributed by atoms with Crippen molar-refractivity contribution in [3.8, 4) is 0 Å². The van der Waals surface area contributed by atoms with Crippen molar-refractivity contribution in [2.45, 2.75) is 30.2 Å². The summed E-state index contributed by atoms with van der Waals surface area (Å²) in [5.41, 5.74) is 5.60. The molecule has 4 N–H and O–H groups in total. The zero-order chi connectivity index (χ0) is 15.6. The molecule has 9 heteroatoms. The normalized spacial score (nSPS) is 23.4. The third kappa shape index (κ3) is 3.79. The van der Waals surface area contributed by atoms with Crippen LogP contribution in [0.4, 0.5) is 0 Å². The van der Waals surface area contributed by atoms with Crippen LogP contribution in [0.1, 0.15) is 19.3 Å². The van der Waals surface area contributed by atoms with Crippen molar-refractivity contribution in [2.75, 3.05) is 0 Å². The van der Waals surface area contributed by atoms with Crippen LogP contribution >= 0.6 is 23.2 Å². The molecule has 0 spiro atoms. The lowest BCUT2D eigenvalue weighted by molar-refractivity contribution is 0.312. The van der Waals surface area contributed by atoms with Crippen LogP contribution in [0.15, 0.2) is 28.3 Å². The number of rotatable bonds is 4. The minimum absolute atomic E-state index is 0.00911. The van der Waals surface area contributed by atoms with E-state index in [9.17, 15) is 8.42 Å². The summed E-state index contributed by atoms with van der Waals surface area (Å²) in [6.45, 7) is 0. The van der Waals surface area contributed by atoms with Crippen molar-refractivity contribution in [2.24, 2.45) is 16.8 Å². The number of oxime groups is 1. The fourth-order valence-corrected chi connectivity index (χ4v) is 4.52. The molecule has 1 saturated carbocycles. The molecule has 0 radical (unpaired) electrons. The first-order chi connectivity index (χ1) is 9.83. The number of nitrogens with one attached hydrogen (secondary N) is 1. The van der Waals surface area contributed by atoms with Gasteiger partial charge in [0, 0.05) is 22.0 Å². The van der Waals surface area contributed by atoms with Crippen molar-refractivity contribution >= 4 is 39.1 Å². The number of hydrogen-bond donors (Lipinski definition) is 3. The third-order valence-corrected chi connectivity index (χ3v) is 5.37. The monoisotopic (exact) mass is 351 g/mol. The molecular formula is C12H15Cl2N3O3S.